The number of esters is 1. The molecule has 1 aromatic heterocycles. The fourth-order valence-corrected chi connectivity index (χ4v) is 3.85. The van der Waals surface area contributed by atoms with E-state index in [4.69, 9.17) is 16.6 Å². The highest BCUT2D eigenvalue weighted by molar-refractivity contribution is 6.31. The molecule has 0 aliphatic carbocycles. The monoisotopic (exact) mass is 421 g/mol. The van der Waals surface area contributed by atoms with Crippen molar-refractivity contribution in [3.63, 3.8) is 0 Å². The first kappa shape index (κ1) is 22.0. The number of nitrogens with zero attached hydrogens (tertiary/aromatic N) is 1. The van der Waals surface area contributed by atoms with Crippen molar-refractivity contribution >= 4 is 34.5 Å². The standard InChI is InChI=1S/C26H28ClNO2/c1-30-26(29)18-17-21-13-8-7-12-20(21)11-5-3-2-4-6-16-25-23(27)19-22-14-9-10-15-24(22)28-25/h7-10,12-15,17-19H,2-6,11,16H2,1H3/b18-17+. The highest BCUT2D eigenvalue weighted by atomic mass is 35.5. The number of methoxy groups -OCH3 is 1. The van der Waals surface area contributed by atoms with E-state index in [1.54, 1.807) is 0 Å². The van der Waals surface area contributed by atoms with Crippen LogP contribution in [0.25, 0.3) is 17.0 Å². The molecule has 156 valence electrons. The van der Waals surface area contributed by atoms with E-state index in [2.05, 4.69) is 10.8 Å². The van der Waals surface area contributed by atoms with Crippen LogP contribution in [0.15, 0.2) is 60.7 Å². The Bertz CT molecular complexity index is 1010. The van der Waals surface area contributed by atoms with Crippen molar-refractivity contribution in [2.45, 2.75) is 44.9 Å². The van der Waals surface area contributed by atoms with Crippen LogP contribution in [0.1, 0.15) is 48.9 Å². The normalized spacial score (nSPS) is 11.3. The van der Waals surface area contributed by atoms with Crippen molar-refractivity contribution in [2.75, 3.05) is 7.11 Å². The molecule has 0 amide bonds. The molecule has 0 spiro atoms. The Morgan fingerprint density at radius 3 is 2.50 bits per heavy atom. The van der Waals surface area contributed by atoms with E-state index in [0.29, 0.717) is 0 Å². The van der Waals surface area contributed by atoms with E-state index in [-0.39, 0.29) is 5.97 Å². The van der Waals surface area contributed by atoms with E-state index in [1.807, 2.05) is 54.6 Å². The Morgan fingerprint density at radius 1 is 0.967 bits per heavy atom. The molecule has 0 unspecified atom stereocenters. The maximum absolute atomic E-state index is 11.3. The number of carbonyl (C=O) groups excluding carboxylic acids is 1. The Hall–Kier alpha value is -2.65. The Balaban J connectivity index is 1.40. The van der Waals surface area contributed by atoms with E-state index in [0.717, 1.165) is 52.9 Å². The second-order valence-corrected chi connectivity index (χ2v) is 7.84. The van der Waals surface area contributed by atoms with Crippen molar-refractivity contribution in [3.05, 3.63) is 82.5 Å². The van der Waals surface area contributed by atoms with Gasteiger partial charge in [0.25, 0.3) is 0 Å². The molecule has 0 atom stereocenters. The molecule has 30 heavy (non-hydrogen) atoms. The van der Waals surface area contributed by atoms with Crippen LogP contribution >= 0.6 is 11.6 Å². The van der Waals surface area contributed by atoms with Crippen LogP contribution in [0, 0.1) is 0 Å². The third-order valence-corrected chi connectivity index (χ3v) is 5.59. The smallest absolute Gasteiger partial charge is 0.330 e. The Labute approximate surface area is 183 Å². The van der Waals surface area contributed by atoms with Crippen LogP contribution in [-0.2, 0) is 22.4 Å². The van der Waals surface area contributed by atoms with Crippen LogP contribution in [0.3, 0.4) is 0 Å². The number of aryl methyl sites for hydroxylation is 2. The van der Waals surface area contributed by atoms with E-state index in [1.165, 1.54) is 38.0 Å². The minimum Gasteiger partial charge on any atom is -0.466 e. The summed E-state index contributed by atoms with van der Waals surface area (Å²) in [5.74, 6) is -0.328. The summed E-state index contributed by atoms with van der Waals surface area (Å²) >= 11 is 6.41. The van der Waals surface area contributed by atoms with Crippen LogP contribution in [0.5, 0.6) is 0 Å². The molecule has 3 aromatic rings. The van der Waals surface area contributed by atoms with Gasteiger partial charge < -0.3 is 4.74 Å². The van der Waals surface area contributed by atoms with Gasteiger partial charge in [-0.05, 0) is 55.0 Å². The third kappa shape index (κ3) is 6.43. The molecular weight excluding hydrogens is 394 g/mol. The summed E-state index contributed by atoms with van der Waals surface area (Å²) in [6, 6.07) is 18.3. The van der Waals surface area contributed by atoms with Gasteiger partial charge in [0.1, 0.15) is 0 Å². The number of aromatic nitrogens is 1. The first-order valence-corrected chi connectivity index (χ1v) is 10.9. The highest BCUT2D eigenvalue weighted by Crippen LogP contribution is 2.23. The Morgan fingerprint density at radius 2 is 1.67 bits per heavy atom. The lowest BCUT2D eigenvalue weighted by Crippen LogP contribution is -1.95. The van der Waals surface area contributed by atoms with Crippen LogP contribution in [0.2, 0.25) is 5.02 Å². The zero-order chi connectivity index (χ0) is 21.2. The summed E-state index contributed by atoms with van der Waals surface area (Å²) in [6.45, 7) is 0. The summed E-state index contributed by atoms with van der Waals surface area (Å²) in [7, 11) is 1.39. The van der Waals surface area contributed by atoms with Gasteiger partial charge in [-0.15, -0.1) is 0 Å². The van der Waals surface area contributed by atoms with Crippen LogP contribution in [-0.4, -0.2) is 18.1 Å². The lowest BCUT2D eigenvalue weighted by atomic mass is 10.00. The lowest BCUT2D eigenvalue weighted by Gasteiger charge is -2.07. The minimum absolute atomic E-state index is 0.328. The van der Waals surface area contributed by atoms with Gasteiger partial charge in [-0.1, -0.05) is 73.3 Å². The van der Waals surface area contributed by atoms with Crippen molar-refractivity contribution in [2.24, 2.45) is 0 Å². The number of carbonyl (C=O) groups is 1. The van der Waals surface area contributed by atoms with Gasteiger partial charge in [0.15, 0.2) is 0 Å². The molecule has 0 saturated carbocycles. The molecular formula is C26H28ClNO2. The van der Waals surface area contributed by atoms with Crippen molar-refractivity contribution in [3.8, 4) is 0 Å². The second-order valence-electron chi connectivity index (χ2n) is 7.43. The number of rotatable bonds is 10. The molecule has 0 N–H and O–H groups in total. The van der Waals surface area contributed by atoms with Gasteiger partial charge in [-0.25, -0.2) is 4.79 Å². The van der Waals surface area contributed by atoms with Crippen LogP contribution in [0.4, 0.5) is 0 Å². The lowest BCUT2D eigenvalue weighted by molar-refractivity contribution is -0.134. The molecule has 3 nitrogen and oxygen atoms in total. The topological polar surface area (TPSA) is 39.2 Å². The van der Waals surface area contributed by atoms with Gasteiger partial charge in [0, 0.05) is 11.5 Å². The summed E-state index contributed by atoms with van der Waals surface area (Å²) in [5, 5.41) is 1.86. The third-order valence-electron chi connectivity index (χ3n) is 5.27. The summed E-state index contributed by atoms with van der Waals surface area (Å²) in [4.78, 5) is 16.0. The predicted octanol–water partition coefficient (Wildman–Crippen LogP) is 6.81. The van der Waals surface area contributed by atoms with Crippen molar-refractivity contribution < 1.29 is 9.53 Å². The highest BCUT2D eigenvalue weighted by Gasteiger charge is 2.05. The van der Waals surface area contributed by atoms with E-state index < -0.39 is 0 Å². The molecule has 0 radical (unpaired) electrons. The zero-order valence-electron chi connectivity index (χ0n) is 17.4. The number of para-hydroxylation sites is 1. The number of ether oxygens (including phenoxy) is 1. The maximum atomic E-state index is 11.3. The number of fused-ring (bicyclic) bond motifs is 1. The number of hydrogen-bond donors (Lipinski definition) is 0. The fourth-order valence-electron chi connectivity index (χ4n) is 3.59. The number of hydrogen-bond acceptors (Lipinski definition) is 3. The van der Waals surface area contributed by atoms with Crippen molar-refractivity contribution in [1.82, 2.24) is 4.98 Å². The summed E-state index contributed by atoms with van der Waals surface area (Å²) in [5.41, 5.74) is 4.36. The van der Waals surface area contributed by atoms with Gasteiger partial charge >= 0.3 is 5.97 Å². The number of benzene rings is 2. The molecule has 0 saturated heterocycles. The van der Waals surface area contributed by atoms with Crippen LogP contribution < -0.4 is 0 Å². The average molecular weight is 422 g/mol. The summed E-state index contributed by atoms with van der Waals surface area (Å²) in [6.07, 6.45) is 11.0. The second kappa shape index (κ2) is 11.5. The number of pyridine rings is 1. The number of unbranched alkanes of at least 4 members (excludes halogenated alkanes) is 4. The van der Waals surface area contributed by atoms with Crippen molar-refractivity contribution in [1.29, 1.82) is 0 Å². The maximum Gasteiger partial charge on any atom is 0.330 e. The zero-order valence-corrected chi connectivity index (χ0v) is 18.2. The quantitative estimate of drug-likeness (QED) is 0.205. The van der Waals surface area contributed by atoms with Gasteiger partial charge in [0.05, 0.1) is 23.3 Å². The molecule has 0 bridgehead atoms. The largest absolute Gasteiger partial charge is 0.466 e. The SMILES string of the molecule is COC(=O)/C=C/c1ccccc1CCCCCCCc1nc2ccccc2cc1Cl. The average Bonchev–Trinajstić information content (AvgIpc) is 2.77. The van der Waals surface area contributed by atoms with Gasteiger partial charge in [0.2, 0.25) is 0 Å². The molecule has 0 fully saturated rings. The molecule has 1 heterocycles. The van der Waals surface area contributed by atoms with Gasteiger partial charge in [-0.2, -0.15) is 0 Å². The van der Waals surface area contributed by atoms with Gasteiger partial charge in [-0.3, -0.25) is 4.98 Å². The number of halogens is 1. The fraction of sp³-hybridized carbons (Fsp3) is 0.308. The molecule has 4 heteroatoms. The summed E-state index contributed by atoms with van der Waals surface area (Å²) < 4.78 is 4.67. The minimum atomic E-state index is -0.328. The molecule has 2 aromatic carbocycles. The molecule has 0 aliphatic rings. The Kier molecular flexibility index (Phi) is 8.46. The first-order valence-electron chi connectivity index (χ1n) is 10.6. The van der Waals surface area contributed by atoms with E-state index >= 15 is 0 Å². The first-order chi connectivity index (χ1) is 14.7. The van der Waals surface area contributed by atoms with E-state index in [9.17, 15) is 4.79 Å². The molecule has 3 rings (SSSR count). The molecule has 0 aliphatic heterocycles. The predicted molar refractivity (Wildman–Crippen MR) is 125 cm³/mol.